The molecule has 4 rings (SSSR count). The summed E-state index contributed by atoms with van der Waals surface area (Å²) in [7, 11) is 0. The van der Waals surface area contributed by atoms with Crippen LogP contribution in [0.15, 0.2) is 84.1 Å². The summed E-state index contributed by atoms with van der Waals surface area (Å²) in [5.74, 6) is 0.730. The second-order valence-electron chi connectivity index (χ2n) is 6.67. The average molecular weight is 446 g/mol. The number of hydrogen-bond acceptors (Lipinski definition) is 7. The van der Waals surface area contributed by atoms with Crippen LogP contribution in [0.5, 0.6) is 0 Å². The van der Waals surface area contributed by atoms with Crippen LogP contribution in [0.1, 0.15) is 14.5 Å². The summed E-state index contributed by atoms with van der Waals surface area (Å²) in [4.78, 5) is 26.6. The zero-order valence-electron chi connectivity index (χ0n) is 20.2. The molecule has 0 bridgehead atoms. The maximum absolute atomic E-state index is 12.7. The van der Waals surface area contributed by atoms with Crippen molar-refractivity contribution in [3.8, 4) is 11.1 Å². The molecule has 0 atom stereocenters. The van der Waals surface area contributed by atoms with E-state index in [4.69, 9.17) is 4.11 Å². The first-order valence-electron chi connectivity index (χ1n) is 11.2. The van der Waals surface area contributed by atoms with Crippen molar-refractivity contribution in [2.24, 2.45) is 0 Å². The summed E-state index contributed by atoms with van der Waals surface area (Å²) in [5.41, 5.74) is 2.44. The number of nitrogens with one attached hydrogen (secondary N) is 3. The van der Waals surface area contributed by atoms with Crippen LogP contribution in [0.25, 0.3) is 11.1 Å². The third-order valence-corrected chi connectivity index (χ3v) is 5.40. The van der Waals surface area contributed by atoms with Gasteiger partial charge in [-0.15, -0.1) is 11.8 Å². The van der Waals surface area contributed by atoms with Gasteiger partial charge in [-0.05, 0) is 36.1 Å². The van der Waals surface area contributed by atoms with Crippen LogP contribution in [0, 0.1) is 0 Å². The SMILES string of the molecule is [2H]C([2H])([2H])NC(=O)c1cnc(Nc2ccc(-c3ccccc3)cn2)cc1Nc1ncccc1SC. The van der Waals surface area contributed by atoms with Crippen LogP contribution in [0.2, 0.25) is 0 Å². The van der Waals surface area contributed by atoms with Gasteiger partial charge in [-0.3, -0.25) is 4.79 Å². The highest BCUT2D eigenvalue weighted by Gasteiger charge is 2.14. The third kappa shape index (κ3) is 4.87. The van der Waals surface area contributed by atoms with E-state index in [2.05, 4.69) is 25.6 Å². The Bertz CT molecular complexity index is 1320. The summed E-state index contributed by atoms with van der Waals surface area (Å²) < 4.78 is 22.1. The topological polar surface area (TPSA) is 91.8 Å². The number of hydrogen-bond donors (Lipinski definition) is 3. The molecule has 0 saturated heterocycles. The van der Waals surface area contributed by atoms with E-state index in [1.807, 2.05) is 66.2 Å². The molecule has 0 aliphatic heterocycles. The normalized spacial score (nSPS) is 12.2. The summed E-state index contributed by atoms with van der Waals surface area (Å²) in [6.07, 6.45) is 6.61. The second kappa shape index (κ2) is 9.93. The van der Waals surface area contributed by atoms with Gasteiger partial charge in [-0.1, -0.05) is 30.3 Å². The Kier molecular flexibility index (Phi) is 5.51. The number of nitrogens with zero attached hydrogens (tertiary/aromatic N) is 3. The summed E-state index contributed by atoms with van der Waals surface area (Å²) in [5, 5.41) is 8.26. The molecule has 4 aromatic rings. The highest BCUT2D eigenvalue weighted by atomic mass is 32.2. The third-order valence-electron chi connectivity index (χ3n) is 4.63. The fourth-order valence-electron chi connectivity index (χ4n) is 3.05. The van der Waals surface area contributed by atoms with Gasteiger partial charge in [0.1, 0.15) is 17.5 Å². The molecule has 0 radical (unpaired) electrons. The maximum Gasteiger partial charge on any atom is 0.254 e. The number of rotatable bonds is 7. The molecule has 0 unspecified atom stereocenters. The van der Waals surface area contributed by atoms with E-state index in [1.54, 1.807) is 18.5 Å². The predicted molar refractivity (Wildman–Crippen MR) is 130 cm³/mol. The lowest BCUT2D eigenvalue weighted by Crippen LogP contribution is -2.19. The predicted octanol–water partition coefficient (Wildman–Crippen LogP) is 5.11. The first kappa shape index (κ1) is 17.7. The van der Waals surface area contributed by atoms with Gasteiger partial charge in [0.15, 0.2) is 0 Å². The van der Waals surface area contributed by atoms with E-state index < -0.39 is 12.9 Å². The largest absolute Gasteiger partial charge is 0.355 e. The van der Waals surface area contributed by atoms with Crippen LogP contribution in [-0.2, 0) is 0 Å². The highest BCUT2D eigenvalue weighted by molar-refractivity contribution is 7.98. The van der Waals surface area contributed by atoms with Crippen molar-refractivity contribution in [1.29, 1.82) is 0 Å². The Morgan fingerprint density at radius 3 is 2.50 bits per heavy atom. The van der Waals surface area contributed by atoms with E-state index in [0.29, 0.717) is 23.1 Å². The van der Waals surface area contributed by atoms with Crippen LogP contribution in [0.4, 0.5) is 23.1 Å². The summed E-state index contributed by atoms with van der Waals surface area (Å²) in [6, 6.07) is 19.0. The lowest BCUT2D eigenvalue weighted by molar-refractivity contribution is 0.0963. The Morgan fingerprint density at radius 2 is 1.75 bits per heavy atom. The van der Waals surface area contributed by atoms with Gasteiger partial charge in [-0.2, -0.15) is 0 Å². The average Bonchev–Trinajstić information content (AvgIpc) is 2.84. The minimum Gasteiger partial charge on any atom is -0.355 e. The molecular weight excluding hydrogens is 420 g/mol. The lowest BCUT2D eigenvalue weighted by Gasteiger charge is -2.14. The van der Waals surface area contributed by atoms with Crippen molar-refractivity contribution in [2.45, 2.75) is 4.90 Å². The van der Waals surface area contributed by atoms with Crippen molar-refractivity contribution in [2.75, 3.05) is 23.9 Å². The van der Waals surface area contributed by atoms with Crippen LogP contribution >= 0.6 is 11.8 Å². The Balaban J connectivity index is 1.63. The number of aromatic nitrogens is 3. The second-order valence-corrected chi connectivity index (χ2v) is 7.52. The van der Waals surface area contributed by atoms with Crippen molar-refractivity contribution in [3.05, 3.63) is 84.8 Å². The number of anilines is 4. The molecule has 1 amide bonds. The lowest BCUT2D eigenvalue weighted by atomic mass is 10.1. The first-order valence-corrected chi connectivity index (χ1v) is 10.9. The molecule has 0 aliphatic carbocycles. The number of carbonyl (C=O) groups excluding carboxylic acids is 1. The zero-order valence-corrected chi connectivity index (χ0v) is 18.0. The van der Waals surface area contributed by atoms with Gasteiger partial charge in [-0.25, -0.2) is 15.0 Å². The van der Waals surface area contributed by atoms with E-state index in [-0.39, 0.29) is 5.56 Å². The fourth-order valence-corrected chi connectivity index (χ4v) is 3.56. The standard InChI is InChI=1S/C24H22N6OS/c1-25-24(31)18-15-28-22(13-19(18)29-23-20(32-2)9-6-12-26-23)30-21-11-10-17(14-27-21)16-7-4-3-5-8-16/h3-15H,1-2H3,(H,25,31)(H2,26,27,28,29,30)/i1D3. The number of thioether (sulfide) groups is 1. The van der Waals surface area contributed by atoms with Gasteiger partial charge >= 0.3 is 0 Å². The molecule has 3 N–H and O–H groups in total. The van der Waals surface area contributed by atoms with Crippen molar-refractivity contribution in [3.63, 3.8) is 0 Å². The smallest absolute Gasteiger partial charge is 0.254 e. The molecule has 160 valence electrons. The first-order chi connectivity index (χ1) is 16.8. The molecule has 0 spiro atoms. The Labute approximate surface area is 195 Å². The monoisotopic (exact) mass is 445 g/mol. The van der Waals surface area contributed by atoms with Crippen molar-refractivity contribution >= 4 is 40.8 Å². The molecule has 0 fully saturated rings. The van der Waals surface area contributed by atoms with E-state index in [1.165, 1.54) is 18.0 Å². The summed E-state index contributed by atoms with van der Waals surface area (Å²) >= 11 is 1.49. The minimum atomic E-state index is -2.63. The fraction of sp³-hybridized carbons (Fsp3) is 0.0833. The van der Waals surface area contributed by atoms with Gasteiger partial charge in [0.05, 0.1) is 11.3 Å². The van der Waals surface area contributed by atoms with E-state index in [0.717, 1.165) is 16.0 Å². The maximum atomic E-state index is 12.7. The number of pyridine rings is 3. The van der Waals surface area contributed by atoms with Crippen LogP contribution in [-0.4, -0.2) is 34.1 Å². The van der Waals surface area contributed by atoms with E-state index in [9.17, 15) is 4.79 Å². The molecule has 7 nitrogen and oxygen atoms in total. The molecule has 3 heterocycles. The molecule has 8 heteroatoms. The van der Waals surface area contributed by atoms with Crippen LogP contribution in [0.3, 0.4) is 0 Å². The highest BCUT2D eigenvalue weighted by Crippen LogP contribution is 2.29. The van der Waals surface area contributed by atoms with Gasteiger partial charge in [0.2, 0.25) is 0 Å². The molecule has 3 aromatic heterocycles. The van der Waals surface area contributed by atoms with Crippen molar-refractivity contribution < 1.29 is 8.91 Å². The molecule has 32 heavy (non-hydrogen) atoms. The van der Waals surface area contributed by atoms with E-state index >= 15 is 0 Å². The number of carbonyl (C=O) groups is 1. The van der Waals surface area contributed by atoms with Crippen LogP contribution < -0.4 is 16.0 Å². The van der Waals surface area contributed by atoms with Gasteiger partial charge < -0.3 is 16.0 Å². The number of amides is 1. The molecule has 0 aliphatic rings. The Morgan fingerprint density at radius 1 is 0.906 bits per heavy atom. The molecule has 0 saturated carbocycles. The quantitative estimate of drug-likeness (QED) is 0.341. The molecule has 1 aromatic carbocycles. The Hall–Kier alpha value is -3.91. The zero-order chi connectivity index (χ0) is 24.8. The van der Waals surface area contributed by atoms with Gasteiger partial charge in [0.25, 0.3) is 5.91 Å². The summed E-state index contributed by atoms with van der Waals surface area (Å²) in [6.45, 7) is -2.63. The number of benzene rings is 1. The van der Waals surface area contributed by atoms with Crippen molar-refractivity contribution in [1.82, 2.24) is 20.3 Å². The van der Waals surface area contributed by atoms with Gasteiger partial charge in [0, 0.05) is 46.2 Å². The minimum absolute atomic E-state index is 0.0664. The molecular formula is C24H22N6OS.